The third-order valence-corrected chi connectivity index (χ3v) is 6.49. The third-order valence-electron chi connectivity index (χ3n) is 6.49. The van der Waals surface area contributed by atoms with E-state index >= 15 is 0 Å². The Hall–Kier alpha value is -1.77. The summed E-state index contributed by atoms with van der Waals surface area (Å²) < 4.78 is 11.2. The maximum atomic E-state index is 12.0. The van der Waals surface area contributed by atoms with Gasteiger partial charge in [0.25, 0.3) is 0 Å². The Morgan fingerprint density at radius 3 is 2.79 bits per heavy atom. The van der Waals surface area contributed by atoms with Gasteiger partial charge in [0.2, 0.25) is 0 Å². The zero-order valence-electron chi connectivity index (χ0n) is 15.1. The van der Waals surface area contributed by atoms with Crippen molar-refractivity contribution in [3.63, 3.8) is 0 Å². The van der Waals surface area contributed by atoms with E-state index in [-0.39, 0.29) is 11.4 Å². The van der Waals surface area contributed by atoms with Gasteiger partial charge in [-0.3, -0.25) is 0 Å². The molecule has 0 spiro atoms. The highest BCUT2D eigenvalue weighted by Crippen LogP contribution is 2.55. The van der Waals surface area contributed by atoms with E-state index in [1.165, 1.54) is 22.3 Å². The average molecular weight is 326 g/mol. The average Bonchev–Trinajstić information content (AvgIpc) is 2.94. The Bertz CT molecular complexity index is 744. The Labute approximate surface area is 144 Å². The molecular weight excluding hydrogens is 300 g/mol. The molecule has 0 amide bonds. The molecule has 0 aromatic heterocycles. The SMILES string of the molecule is COc1c(C(C)C)ccc2c1CC[C@H]1C3=C(CCC21C)C(=O)OC3. The van der Waals surface area contributed by atoms with Gasteiger partial charge in [0.1, 0.15) is 12.4 Å². The number of rotatable bonds is 2. The summed E-state index contributed by atoms with van der Waals surface area (Å²) in [5, 5.41) is 0. The van der Waals surface area contributed by atoms with Gasteiger partial charge in [-0.05, 0) is 65.2 Å². The minimum absolute atomic E-state index is 0.0782. The largest absolute Gasteiger partial charge is 0.496 e. The van der Waals surface area contributed by atoms with Gasteiger partial charge in [-0.15, -0.1) is 0 Å². The van der Waals surface area contributed by atoms with Crippen LogP contribution in [-0.2, 0) is 21.4 Å². The monoisotopic (exact) mass is 326 g/mol. The molecule has 2 atom stereocenters. The second kappa shape index (κ2) is 5.37. The topological polar surface area (TPSA) is 35.5 Å². The molecule has 3 nitrogen and oxygen atoms in total. The molecule has 0 saturated carbocycles. The molecule has 3 aliphatic rings. The Kier molecular flexibility index (Phi) is 3.52. The van der Waals surface area contributed by atoms with Gasteiger partial charge >= 0.3 is 5.97 Å². The van der Waals surface area contributed by atoms with E-state index in [0.717, 1.165) is 37.0 Å². The minimum atomic E-state index is -0.0782. The van der Waals surface area contributed by atoms with Crippen LogP contribution in [0.5, 0.6) is 5.75 Å². The highest BCUT2D eigenvalue weighted by Gasteiger charge is 2.49. The van der Waals surface area contributed by atoms with Crippen LogP contribution in [0, 0.1) is 5.92 Å². The highest BCUT2D eigenvalue weighted by atomic mass is 16.5. The second-order valence-electron chi connectivity index (χ2n) is 7.96. The Balaban J connectivity index is 1.85. The first kappa shape index (κ1) is 15.7. The van der Waals surface area contributed by atoms with Gasteiger partial charge in [-0.1, -0.05) is 32.9 Å². The van der Waals surface area contributed by atoms with Crippen LogP contribution in [0.15, 0.2) is 23.3 Å². The first-order chi connectivity index (χ1) is 11.5. The third kappa shape index (κ3) is 2.00. The number of hydrogen-bond acceptors (Lipinski definition) is 3. The lowest BCUT2D eigenvalue weighted by Crippen LogP contribution is -2.41. The normalized spacial score (nSPS) is 28.4. The fourth-order valence-electron chi connectivity index (χ4n) is 5.19. The van der Waals surface area contributed by atoms with Crippen LogP contribution < -0.4 is 4.74 Å². The zero-order valence-corrected chi connectivity index (χ0v) is 15.1. The van der Waals surface area contributed by atoms with Crippen molar-refractivity contribution in [3.05, 3.63) is 40.0 Å². The molecule has 0 saturated heterocycles. The van der Waals surface area contributed by atoms with Crippen LogP contribution in [0.2, 0.25) is 0 Å². The maximum absolute atomic E-state index is 12.0. The number of methoxy groups -OCH3 is 1. The number of cyclic esters (lactones) is 1. The number of fused-ring (bicyclic) bond motifs is 4. The van der Waals surface area contributed by atoms with E-state index in [4.69, 9.17) is 9.47 Å². The lowest BCUT2D eigenvalue weighted by Gasteiger charge is -2.47. The van der Waals surface area contributed by atoms with Crippen LogP contribution in [-0.4, -0.2) is 19.7 Å². The molecule has 0 N–H and O–H groups in total. The molecule has 0 radical (unpaired) electrons. The van der Waals surface area contributed by atoms with Crippen molar-refractivity contribution in [2.24, 2.45) is 5.92 Å². The molecule has 4 rings (SSSR count). The number of hydrogen-bond donors (Lipinski definition) is 0. The molecule has 3 heteroatoms. The van der Waals surface area contributed by atoms with Crippen molar-refractivity contribution in [3.8, 4) is 5.75 Å². The summed E-state index contributed by atoms with van der Waals surface area (Å²) in [6.45, 7) is 7.31. The zero-order chi connectivity index (χ0) is 17.1. The predicted molar refractivity (Wildman–Crippen MR) is 93.5 cm³/mol. The first-order valence-corrected chi connectivity index (χ1v) is 9.06. The fraction of sp³-hybridized carbons (Fsp3) is 0.571. The molecule has 2 aliphatic carbocycles. The minimum Gasteiger partial charge on any atom is -0.496 e. The van der Waals surface area contributed by atoms with E-state index in [1.54, 1.807) is 7.11 Å². The molecule has 1 aromatic rings. The summed E-state index contributed by atoms with van der Waals surface area (Å²) in [6.07, 6.45) is 3.96. The van der Waals surface area contributed by atoms with Crippen molar-refractivity contribution in [2.45, 2.75) is 57.8 Å². The number of carbonyl (C=O) groups excluding carboxylic acids is 1. The summed E-state index contributed by atoms with van der Waals surface area (Å²) in [7, 11) is 1.79. The molecule has 0 bridgehead atoms. The van der Waals surface area contributed by atoms with Crippen molar-refractivity contribution >= 4 is 5.97 Å². The van der Waals surface area contributed by atoms with Gasteiger partial charge in [0.05, 0.1) is 7.11 Å². The molecule has 1 unspecified atom stereocenters. The molecule has 1 aliphatic heterocycles. The summed E-state index contributed by atoms with van der Waals surface area (Å²) in [5.74, 6) is 1.89. The Morgan fingerprint density at radius 2 is 2.08 bits per heavy atom. The molecule has 128 valence electrons. The number of benzene rings is 1. The number of carbonyl (C=O) groups is 1. The Morgan fingerprint density at radius 1 is 1.29 bits per heavy atom. The lowest BCUT2D eigenvalue weighted by molar-refractivity contribution is -0.136. The maximum Gasteiger partial charge on any atom is 0.334 e. The predicted octanol–water partition coefficient (Wildman–Crippen LogP) is 4.29. The highest BCUT2D eigenvalue weighted by molar-refractivity contribution is 5.92. The van der Waals surface area contributed by atoms with E-state index in [9.17, 15) is 4.79 Å². The number of esters is 1. The molecular formula is C21H26O3. The van der Waals surface area contributed by atoms with Crippen molar-refractivity contribution in [1.29, 1.82) is 0 Å². The summed E-state index contributed by atoms with van der Waals surface area (Å²) in [4.78, 5) is 12.0. The molecule has 24 heavy (non-hydrogen) atoms. The van der Waals surface area contributed by atoms with E-state index in [1.807, 2.05) is 0 Å². The fourth-order valence-corrected chi connectivity index (χ4v) is 5.19. The van der Waals surface area contributed by atoms with Gasteiger partial charge in [-0.2, -0.15) is 0 Å². The standard InChI is InChI=1S/C21H26O3/c1-12(2)13-5-7-17-15(19(13)23-4)6-8-18-16-11-24-20(22)14(16)9-10-21(17,18)3/h5,7,12,18H,6,8-11H2,1-4H3/t18-,21?/m0/s1. The van der Waals surface area contributed by atoms with Crippen molar-refractivity contribution in [2.75, 3.05) is 13.7 Å². The van der Waals surface area contributed by atoms with Crippen LogP contribution in [0.25, 0.3) is 0 Å². The molecule has 1 heterocycles. The summed E-state index contributed by atoms with van der Waals surface area (Å²) in [5.41, 5.74) is 6.43. The second-order valence-corrected chi connectivity index (χ2v) is 7.96. The van der Waals surface area contributed by atoms with Crippen LogP contribution in [0.4, 0.5) is 0 Å². The lowest BCUT2D eigenvalue weighted by atomic mass is 9.56. The van der Waals surface area contributed by atoms with E-state index in [0.29, 0.717) is 18.4 Å². The summed E-state index contributed by atoms with van der Waals surface area (Å²) in [6, 6.07) is 4.57. The van der Waals surface area contributed by atoms with E-state index in [2.05, 4.69) is 32.9 Å². The molecule has 0 fully saturated rings. The van der Waals surface area contributed by atoms with Crippen molar-refractivity contribution in [1.82, 2.24) is 0 Å². The van der Waals surface area contributed by atoms with Crippen LogP contribution >= 0.6 is 0 Å². The summed E-state index contributed by atoms with van der Waals surface area (Å²) >= 11 is 0. The van der Waals surface area contributed by atoms with E-state index < -0.39 is 0 Å². The number of ether oxygens (including phenoxy) is 2. The van der Waals surface area contributed by atoms with Gasteiger partial charge in [0, 0.05) is 5.57 Å². The molecule has 1 aromatic carbocycles. The van der Waals surface area contributed by atoms with Gasteiger partial charge in [0.15, 0.2) is 0 Å². The smallest absolute Gasteiger partial charge is 0.334 e. The van der Waals surface area contributed by atoms with Gasteiger partial charge < -0.3 is 9.47 Å². The van der Waals surface area contributed by atoms with Crippen molar-refractivity contribution < 1.29 is 14.3 Å². The van der Waals surface area contributed by atoms with Crippen LogP contribution in [0.1, 0.15) is 62.6 Å². The first-order valence-electron chi connectivity index (χ1n) is 9.06. The van der Waals surface area contributed by atoms with Crippen LogP contribution in [0.3, 0.4) is 0 Å². The quantitative estimate of drug-likeness (QED) is 0.761. The van der Waals surface area contributed by atoms with Gasteiger partial charge in [-0.25, -0.2) is 4.79 Å².